The summed E-state index contributed by atoms with van der Waals surface area (Å²) in [5.41, 5.74) is 0. The molecule has 0 aromatic rings. The Morgan fingerprint density at radius 2 is 0.692 bits per heavy atom. The average molecular weight is 582 g/mol. The van der Waals surface area contributed by atoms with Crippen LogP contribution < -0.4 is 103 Å². The Morgan fingerprint density at radius 3 is 0.692 bits per heavy atom. The van der Waals surface area contributed by atoms with Crippen molar-refractivity contribution in [2.24, 2.45) is 0 Å². The molecule has 13 heavy (non-hydrogen) atoms. The number of hydrogen-bond donors (Lipinski definition) is 0. The van der Waals surface area contributed by atoms with E-state index in [1.165, 1.54) is 253 Å². The van der Waals surface area contributed by atoms with Gasteiger partial charge in [-0.2, -0.15) is 9.90 Å². The topological polar surface area (TPSA) is 0 Å². The predicted molar refractivity (Wildman–Crippen MR) is 81.5 cm³/mol. The third-order valence-corrected chi connectivity index (χ3v) is 0. The molecular weight excluding hydrogens is 568 g/mol. The summed E-state index contributed by atoms with van der Waals surface area (Å²) in [5.74, 6) is 0. The third-order valence-electron chi connectivity index (χ3n) is 0. The van der Waals surface area contributed by atoms with Crippen LogP contribution in [-0.4, -0.2) is 253 Å². The Bertz CT molecular complexity index is 30.2. The molecule has 0 aromatic carbocycles. The van der Waals surface area contributed by atoms with Gasteiger partial charge >= 0.3 is 355 Å². The molecule has 0 aliphatic rings. The Kier molecular flexibility index (Phi) is 316. The van der Waals surface area contributed by atoms with Gasteiger partial charge < -0.3 is 2.85 Å². The minimum atomic E-state index is 0. The van der Waals surface area contributed by atoms with E-state index in [2.05, 4.69) is 0 Å². The molecule has 0 spiro atoms. The SMILES string of the molecule is F.I.P.[2HH].[2H][2H].[H-].[H-].[K+].[K+].[K][K].[K][K].[K][K].[K][K]. The molecule has 1 atom stereocenters. The summed E-state index contributed by atoms with van der Waals surface area (Å²) in [5, 5.41) is 0. The summed E-state index contributed by atoms with van der Waals surface area (Å²) in [4.78, 5) is 0. The van der Waals surface area contributed by atoms with Gasteiger partial charge in [0.2, 0.25) is 0 Å². The Labute approximate surface area is 377 Å². The zero-order valence-corrected chi connectivity index (χ0v) is 46.5. The van der Waals surface area contributed by atoms with E-state index in [0.29, 0.717) is 0 Å². The van der Waals surface area contributed by atoms with Crippen LogP contribution in [0, 0.1) is 0 Å². The van der Waals surface area contributed by atoms with Crippen LogP contribution in [0.25, 0.3) is 0 Å². The molecule has 0 radical (unpaired) electrons. The van der Waals surface area contributed by atoms with Crippen molar-refractivity contribution in [3.05, 3.63) is 0 Å². The van der Waals surface area contributed by atoms with Crippen LogP contribution in [0.5, 0.6) is 0 Å². The van der Waals surface area contributed by atoms with Gasteiger partial charge in [-0.3, -0.25) is 4.70 Å². The van der Waals surface area contributed by atoms with E-state index in [0.717, 1.165) is 0 Å². The number of halogens is 2. The van der Waals surface area contributed by atoms with E-state index in [9.17, 15) is 0 Å². The zero-order chi connectivity index (χ0) is 10.0. The average Bonchev–Trinajstić information content (AvgIpc) is 2.20. The molecule has 0 bridgehead atoms. The first-order valence-electron chi connectivity index (χ1n) is 5.00. The monoisotopic (exact) mass is 581 g/mol. The van der Waals surface area contributed by atoms with E-state index >= 15 is 0 Å². The van der Waals surface area contributed by atoms with Crippen molar-refractivity contribution in [2.45, 2.75) is 0 Å². The maximum atomic E-state index is 5.00. The first-order chi connectivity index (χ1) is 5.00. The molecule has 0 heterocycles. The second-order valence-corrected chi connectivity index (χ2v) is 0. The summed E-state index contributed by atoms with van der Waals surface area (Å²) >= 11 is 10.0. The second kappa shape index (κ2) is 78.3. The van der Waals surface area contributed by atoms with Crippen LogP contribution in [0.2, 0.25) is 0 Å². The van der Waals surface area contributed by atoms with Gasteiger partial charge in [0.25, 0.3) is 0 Å². The normalized spacial score (nSPS) is 3.08. The fraction of sp³-hybridized carbons (Fsp3) is 0. The number of hydrogen-bond acceptors (Lipinski definition) is 0. The van der Waals surface area contributed by atoms with Crippen LogP contribution in [0.3, 0.4) is 0 Å². The van der Waals surface area contributed by atoms with Gasteiger partial charge in [-0.1, -0.05) is 0 Å². The van der Waals surface area contributed by atoms with Gasteiger partial charge in [0, 0.05) is 4.40 Å². The molecule has 0 aromatic heterocycles. The van der Waals surface area contributed by atoms with Crippen molar-refractivity contribution in [1.82, 2.24) is 0 Å². The standard InChI is InChI=1S/FH.HI.10K.H3P.2H2.2H/h2*1H;;;;;;;;;;;1H3;2*1H;;/q;;;;;;;;;;2*+1;;;;2*-1/i;;;;;;;;;;;;;1+1D;1+1;;. The Morgan fingerprint density at radius 1 is 0.692 bits per heavy atom. The van der Waals surface area contributed by atoms with E-state index < -0.39 is 0 Å². The molecule has 0 saturated heterocycles. The molecule has 0 amide bonds. The molecule has 1 unspecified atom stereocenters. The van der Waals surface area contributed by atoms with E-state index in [4.69, 9.17) is 2.97 Å². The zero-order valence-electron chi connectivity index (χ0n) is 15.5. The van der Waals surface area contributed by atoms with Gasteiger partial charge in [0.1, 0.15) is 0 Å². The molecule has 0 rings (SSSR count). The van der Waals surface area contributed by atoms with Crippen molar-refractivity contribution in [3.8, 4) is 0 Å². The maximum absolute atomic E-state index is 5.00. The van der Waals surface area contributed by atoms with Crippen molar-refractivity contribution < 1.29 is 115 Å². The van der Waals surface area contributed by atoms with E-state index in [1.807, 2.05) is 0 Å². The van der Waals surface area contributed by atoms with E-state index in [1.54, 1.807) is 0 Å². The molecule has 0 N–H and O–H groups in total. The van der Waals surface area contributed by atoms with Gasteiger partial charge in [-0.15, -0.1) is 24.0 Å². The first-order valence-corrected chi connectivity index (χ1v) is 68.0. The molecule has 13 heteroatoms. The Hall–Kier alpha value is 17.5. The van der Waals surface area contributed by atoms with Crippen LogP contribution in [-0.2, 0) is 0 Å². The molecule has 0 saturated carbocycles. The minimum absolute atomic E-state index is 0. The van der Waals surface area contributed by atoms with Crippen LogP contribution in [0.15, 0.2) is 0 Å². The van der Waals surface area contributed by atoms with Gasteiger partial charge in [-0.05, 0) is 0 Å². The fourth-order valence-corrected chi connectivity index (χ4v) is 0. The van der Waals surface area contributed by atoms with Crippen LogP contribution in [0.4, 0.5) is 4.70 Å². The third kappa shape index (κ3) is 72.9. The Balaban J connectivity index is -0.00000000142. The summed E-state index contributed by atoms with van der Waals surface area (Å²) in [6.45, 7) is 0. The quantitative estimate of drug-likeness (QED) is 0.152. The summed E-state index contributed by atoms with van der Waals surface area (Å²) in [6, 6.07) is 0. The van der Waals surface area contributed by atoms with Gasteiger partial charge in [0.15, 0.2) is 0 Å². The van der Waals surface area contributed by atoms with Crippen molar-refractivity contribution >= 4 is 286 Å². The summed E-state index contributed by atoms with van der Waals surface area (Å²) in [6.07, 6.45) is 0. The summed E-state index contributed by atoms with van der Waals surface area (Å²) in [7, 11) is 0. The summed E-state index contributed by atoms with van der Waals surface area (Å²) < 4.78 is 10.0. The molecule has 40 valence electrons. The number of rotatable bonds is 0. The predicted octanol–water partition coefficient (Wildman–Crippen LogP) is -7.49. The van der Waals surface area contributed by atoms with Crippen molar-refractivity contribution in [2.75, 3.05) is 0 Å². The fourth-order valence-electron chi connectivity index (χ4n) is 0. The van der Waals surface area contributed by atoms with Crippen molar-refractivity contribution in [3.63, 3.8) is 0 Å². The van der Waals surface area contributed by atoms with Crippen LogP contribution in [0.1, 0.15) is 7.25 Å². The van der Waals surface area contributed by atoms with Gasteiger partial charge in [-0.25, -0.2) is 0 Å². The molecular formula is H11FIK10P. The molecule has 0 nitrogen and oxygen atoms in total. The van der Waals surface area contributed by atoms with Crippen molar-refractivity contribution in [1.29, 1.82) is 0 Å². The molecule has 0 fully saturated rings. The molecule has 0 aliphatic heterocycles. The van der Waals surface area contributed by atoms with Crippen LogP contribution >= 0.6 is 33.9 Å². The second-order valence-electron chi connectivity index (χ2n) is 0. The van der Waals surface area contributed by atoms with Gasteiger partial charge in [0.05, 0.1) is 0 Å². The first kappa shape index (κ1) is 52.4. The van der Waals surface area contributed by atoms with E-state index in [-0.39, 0.29) is 146 Å². The molecule has 0 aliphatic carbocycles.